The average Bonchev–Trinajstić information content (AvgIpc) is 2.70. The van der Waals surface area contributed by atoms with Crippen LogP contribution in [0.15, 0.2) is 36.4 Å². The maximum atomic E-state index is 5.86. The lowest BCUT2D eigenvalue weighted by Gasteiger charge is -2.34. The summed E-state index contributed by atoms with van der Waals surface area (Å²) in [6, 6.07) is 13.6. The van der Waals surface area contributed by atoms with Crippen molar-refractivity contribution < 1.29 is 9.47 Å². The molecule has 0 aliphatic heterocycles. The molecule has 0 saturated heterocycles. The normalized spacial score (nSPS) is 12.9. The number of hydrogen-bond donors (Lipinski definition) is 0. The van der Waals surface area contributed by atoms with Crippen LogP contribution in [-0.2, 0) is 16.2 Å². The molecule has 31 heavy (non-hydrogen) atoms. The molecule has 0 spiro atoms. The molecule has 0 aliphatic rings. The third-order valence-corrected chi connectivity index (χ3v) is 6.79. The number of rotatable bonds is 8. The summed E-state index contributed by atoms with van der Waals surface area (Å²) in [6.07, 6.45) is 2.15. The third-order valence-electron chi connectivity index (χ3n) is 6.79. The maximum absolute atomic E-state index is 5.86. The first-order valence-corrected chi connectivity index (χ1v) is 11.6. The zero-order chi connectivity index (χ0) is 23.6. The van der Waals surface area contributed by atoms with E-state index in [1.165, 1.54) is 22.3 Å². The lowest BCUT2D eigenvalue weighted by molar-refractivity contribution is 0.345. The molecule has 2 nitrogen and oxygen atoms in total. The molecule has 0 aromatic heterocycles. The van der Waals surface area contributed by atoms with Crippen LogP contribution < -0.4 is 9.47 Å². The van der Waals surface area contributed by atoms with Gasteiger partial charge < -0.3 is 9.47 Å². The van der Waals surface area contributed by atoms with Gasteiger partial charge in [-0.05, 0) is 58.3 Å². The first-order valence-electron chi connectivity index (χ1n) is 11.6. The van der Waals surface area contributed by atoms with Gasteiger partial charge in [-0.1, -0.05) is 86.6 Å². The minimum atomic E-state index is -0.0375. The van der Waals surface area contributed by atoms with Crippen molar-refractivity contribution in [1.29, 1.82) is 0 Å². The van der Waals surface area contributed by atoms with Crippen molar-refractivity contribution >= 4 is 0 Å². The third kappa shape index (κ3) is 5.84. The summed E-state index contributed by atoms with van der Waals surface area (Å²) >= 11 is 0. The molecule has 172 valence electrons. The SMILES string of the molecule is COc1cc(C(C)(C)CCC(C)(C)c2ccc(C(C)C)cc2)c(OC)cc1C(C)(C)C. The van der Waals surface area contributed by atoms with E-state index in [1.807, 2.05) is 0 Å². The monoisotopic (exact) mass is 424 g/mol. The van der Waals surface area contributed by atoms with Gasteiger partial charge >= 0.3 is 0 Å². The minimum absolute atomic E-state index is 0.00850. The fourth-order valence-corrected chi connectivity index (χ4v) is 4.24. The summed E-state index contributed by atoms with van der Waals surface area (Å²) < 4.78 is 11.7. The smallest absolute Gasteiger partial charge is 0.123 e. The molecule has 2 heteroatoms. The van der Waals surface area contributed by atoms with Crippen molar-refractivity contribution in [2.24, 2.45) is 0 Å². The molecule has 0 heterocycles. The van der Waals surface area contributed by atoms with Crippen molar-refractivity contribution in [1.82, 2.24) is 0 Å². The quantitative estimate of drug-likeness (QED) is 0.425. The number of methoxy groups -OCH3 is 2. The van der Waals surface area contributed by atoms with E-state index in [4.69, 9.17) is 9.47 Å². The van der Waals surface area contributed by atoms with Crippen molar-refractivity contribution in [2.45, 2.75) is 97.3 Å². The Kier molecular flexibility index (Phi) is 7.56. The van der Waals surface area contributed by atoms with Gasteiger partial charge in [-0.2, -0.15) is 0 Å². The van der Waals surface area contributed by atoms with Crippen LogP contribution in [0.3, 0.4) is 0 Å². The van der Waals surface area contributed by atoms with E-state index in [2.05, 4.69) is 98.7 Å². The van der Waals surface area contributed by atoms with Crippen molar-refractivity contribution in [3.05, 3.63) is 58.7 Å². The summed E-state index contributed by atoms with van der Waals surface area (Å²) in [5.74, 6) is 2.46. The van der Waals surface area contributed by atoms with Gasteiger partial charge in [0.2, 0.25) is 0 Å². The molecule has 0 amide bonds. The van der Waals surface area contributed by atoms with E-state index in [0.29, 0.717) is 5.92 Å². The lowest BCUT2D eigenvalue weighted by Crippen LogP contribution is -2.25. The summed E-state index contributed by atoms with van der Waals surface area (Å²) in [5.41, 5.74) is 5.25. The molecular weight excluding hydrogens is 380 g/mol. The molecule has 2 aromatic rings. The zero-order valence-electron chi connectivity index (χ0n) is 21.8. The van der Waals surface area contributed by atoms with Gasteiger partial charge in [0.05, 0.1) is 14.2 Å². The van der Waals surface area contributed by atoms with E-state index >= 15 is 0 Å². The second-order valence-electron chi connectivity index (χ2n) is 11.5. The highest BCUT2D eigenvalue weighted by Gasteiger charge is 2.31. The lowest BCUT2D eigenvalue weighted by atomic mass is 9.72. The number of hydrogen-bond acceptors (Lipinski definition) is 2. The van der Waals surface area contributed by atoms with Crippen molar-refractivity contribution in [2.75, 3.05) is 14.2 Å². The van der Waals surface area contributed by atoms with Crippen molar-refractivity contribution in [3.63, 3.8) is 0 Å². The van der Waals surface area contributed by atoms with Crippen LogP contribution in [0.2, 0.25) is 0 Å². The van der Waals surface area contributed by atoms with Crippen LogP contribution in [0.4, 0.5) is 0 Å². The Morgan fingerprint density at radius 1 is 0.677 bits per heavy atom. The fourth-order valence-electron chi connectivity index (χ4n) is 4.24. The molecule has 2 rings (SSSR count). The van der Waals surface area contributed by atoms with Gasteiger partial charge in [0, 0.05) is 11.1 Å². The van der Waals surface area contributed by atoms with Gasteiger partial charge in [0.15, 0.2) is 0 Å². The average molecular weight is 425 g/mol. The molecule has 0 N–H and O–H groups in total. The van der Waals surface area contributed by atoms with Gasteiger partial charge in [0.25, 0.3) is 0 Å². The van der Waals surface area contributed by atoms with Crippen LogP contribution >= 0.6 is 0 Å². The Morgan fingerprint density at radius 3 is 1.58 bits per heavy atom. The Bertz CT molecular complexity index is 865. The van der Waals surface area contributed by atoms with Crippen molar-refractivity contribution in [3.8, 4) is 11.5 Å². The minimum Gasteiger partial charge on any atom is -0.496 e. The van der Waals surface area contributed by atoms with Gasteiger partial charge in [-0.15, -0.1) is 0 Å². The van der Waals surface area contributed by atoms with Gasteiger partial charge in [-0.3, -0.25) is 0 Å². The number of ether oxygens (including phenoxy) is 2. The highest BCUT2D eigenvalue weighted by atomic mass is 16.5. The molecule has 0 aliphatic carbocycles. The summed E-state index contributed by atoms with van der Waals surface area (Å²) in [6.45, 7) is 20.5. The molecule has 0 fully saturated rings. The van der Waals surface area contributed by atoms with Crippen LogP contribution in [0.1, 0.15) is 103 Å². The summed E-state index contributed by atoms with van der Waals surface area (Å²) in [4.78, 5) is 0. The van der Waals surface area contributed by atoms with Crippen LogP contribution in [0.25, 0.3) is 0 Å². The predicted octanol–water partition coefficient (Wildman–Crippen LogP) is 8.16. The topological polar surface area (TPSA) is 18.5 Å². The molecule has 2 aromatic carbocycles. The number of benzene rings is 2. The van der Waals surface area contributed by atoms with E-state index in [0.717, 1.165) is 24.3 Å². The van der Waals surface area contributed by atoms with Crippen LogP contribution in [-0.4, -0.2) is 14.2 Å². The summed E-state index contributed by atoms with van der Waals surface area (Å²) in [5, 5.41) is 0. The summed E-state index contributed by atoms with van der Waals surface area (Å²) in [7, 11) is 3.53. The first kappa shape index (κ1) is 25.3. The molecule has 0 bridgehead atoms. The maximum Gasteiger partial charge on any atom is 0.123 e. The van der Waals surface area contributed by atoms with Crippen LogP contribution in [0.5, 0.6) is 11.5 Å². The molecule has 0 saturated carbocycles. The standard InChI is InChI=1S/C29H44O2/c1-20(2)21-12-14-22(15-13-21)28(6,7)16-17-29(8,9)24-19-25(30-10)23(27(3,4)5)18-26(24)31-11/h12-15,18-20H,16-17H2,1-11H3. The zero-order valence-corrected chi connectivity index (χ0v) is 21.8. The molecular formula is C29H44O2. The van der Waals surface area contributed by atoms with E-state index in [9.17, 15) is 0 Å². The van der Waals surface area contributed by atoms with Gasteiger partial charge in [-0.25, -0.2) is 0 Å². The molecule has 0 unspecified atom stereocenters. The second kappa shape index (κ2) is 9.27. The highest BCUT2D eigenvalue weighted by Crippen LogP contribution is 2.44. The second-order valence-corrected chi connectivity index (χ2v) is 11.5. The molecule has 0 atom stereocenters. The Labute approximate surface area is 191 Å². The van der Waals surface area contributed by atoms with Crippen LogP contribution in [0, 0.1) is 0 Å². The van der Waals surface area contributed by atoms with E-state index in [1.54, 1.807) is 14.2 Å². The van der Waals surface area contributed by atoms with E-state index < -0.39 is 0 Å². The Balaban J connectivity index is 2.32. The molecule has 0 radical (unpaired) electrons. The Hall–Kier alpha value is -1.96. The Morgan fingerprint density at radius 2 is 1.13 bits per heavy atom. The first-order chi connectivity index (χ1) is 14.2. The van der Waals surface area contributed by atoms with Gasteiger partial charge in [0.1, 0.15) is 11.5 Å². The highest BCUT2D eigenvalue weighted by molar-refractivity contribution is 5.52. The van der Waals surface area contributed by atoms with E-state index in [-0.39, 0.29) is 16.2 Å². The fraction of sp³-hybridized carbons (Fsp3) is 0.586. The largest absolute Gasteiger partial charge is 0.496 e. The predicted molar refractivity (Wildman–Crippen MR) is 134 cm³/mol.